The lowest BCUT2D eigenvalue weighted by atomic mass is 10.2. The van der Waals surface area contributed by atoms with Crippen molar-refractivity contribution in [1.29, 1.82) is 0 Å². The van der Waals surface area contributed by atoms with Crippen molar-refractivity contribution in [2.45, 2.75) is 11.8 Å². The largest absolute Gasteiger partial charge is 0.206 e. The SMILES string of the molecule is CSc1c(F)ccc(C)c1I. The average molecular weight is 282 g/mol. The summed E-state index contributed by atoms with van der Waals surface area (Å²) in [6.45, 7) is 1.99. The molecule has 0 aliphatic rings. The lowest BCUT2D eigenvalue weighted by Gasteiger charge is -2.04. The number of hydrogen-bond donors (Lipinski definition) is 0. The highest BCUT2D eigenvalue weighted by atomic mass is 127. The van der Waals surface area contributed by atoms with E-state index >= 15 is 0 Å². The fourth-order valence-corrected chi connectivity index (χ4v) is 2.52. The molecule has 0 aromatic heterocycles. The second kappa shape index (κ2) is 3.76. The molecule has 0 saturated heterocycles. The van der Waals surface area contributed by atoms with Gasteiger partial charge in [-0.25, -0.2) is 4.39 Å². The first kappa shape index (κ1) is 9.32. The zero-order valence-electron chi connectivity index (χ0n) is 6.32. The highest BCUT2D eigenvalue weighted by Crippen LogP contribution is 2.27. The molecule has 0 aliphatic carbocycles. The highest BCUT2D eigenvalue weighted by Gasteiger charge is 2.06. The van der Waals surface area contributed by atoms with Crippen LogP contribution < -0.4 is 0 Å². The lowest BCUT2D eigenvalue weighted by molar-refractivity contribution is 0.599. The summed E-state index contributed by atoms with van der Waals surface area (Å²) in [7, 11) is 0. The molecule has 60 valence electrons. The van der Waals surface area contributed by atoms with Crippen molar-refractivity contribution in [3.8, 4) is 0 Å². The van der Waals surface area contributed by atoms with Gasteiger partial charge in [-0.15, -0.1) is 11.8 Å². The first-order valence-electron chi connectivity index (χ1n) is 3.15. The van der Waals surface area contributed by atoms with Gasteiger partial charge in [0.25, 0.3) is 0 Å². The average Bonchev–Trinajstić information content (AvgIpc) is 1.99. The van der Waals surface area contributed by atoms with Crippen LogP contribution in [0.5, 0.6) is 0 Å². The van der Waals surface area contributed by atoms with Gasteiger partial charge in [-0.1, -0.05) is 6.07 Å². The molecule has 11 heavy (non-hydrogen) atoms. The van der Waals surface area contributed by atoms with E-state index in [1.807, 2.05) is 13.2 Å². The maximum Gasteiger partial charge on any atom is 0.137 e. The topological polar surface area (TPSA) is 0 Å². The molecular formula is C8H8FIS. The third kappa shape index (κ3) is 1.87. The summed E-state index contributed by atoms with van der Waals surface area (Å²) in [6, 6.07) is 3.32. The Balaban J connectivity index is 3.29. The van der Waals surface area contributed by atoms with Crippen LogP contribution in [-0.4, -0.2) is 6.26 Å². The summed E-state index contributed by atoms with van der Waals surface area (Å²) in [5.41, 5.74) is 1.14. The summed E-state index contributed by atoms with van der Waals surface area (Å²) in [5, 5.41) is 0. The predicted octanol–water partition coefficient (Wildman–Crippen LogP) is 3.46. The third-order valence-electron chi connectivity index (χ3n) is 1.45. The van der Waals surface area contributed by atoms with Gasteiger partial charge in [-0.05, 0) is 47.4 Å². The number of halogens is 2. The van der Waals surface area contributed by atoms with E-state index in [1.165, 1.54) is 17.8 Å². The van der Waals surface area contributed by atoms with Gasteiger partial charge in [0, 0.05) is 3.57 Å². The molecule has 1 aromatic carbocycles. The van der Waals surface area contributed by atoms with Crippen LogP contribution in [0.1, 0.15) is 5.56 Å². The molecule has 3 heteroatoms. The highest BCUT2D eigenvalue weighted by molar-refractivity contribution is 14.1. The van der Waals surface area contributed by atoms with Gasteiger partial charge in [0.15, 0.2) is 0 Å². The Bertz CT molecular complexity index is 273. The van der Waals surface area contributed by atoms with Crippen LogP contribution in [0.2, 0.25) is 0 Å². The van der Waals surface area contributed by atoms with Gasteiger partial charge in [0.1, 0.15) is 5.82 Å². The van der Waals surface area contributed by atoms with Gasteiger partial charge in [0.2, 0.25) is 0 Å². The minimum Gasteiger partial charge on any atom is -0.206 e. The van der Waals surface area contributed by atoms with E-state index in [0.717, 1.165) is 14.0 Å². The summed E-state index contributed by atoms with van der Waals surface area (Å²) in [6.07, 6.45) is 1.89. The molecule has 0 aliphatic heterocycles. The third-order valence-corrected chi connectivity index (χ3v) is 4.01. The molecule has 1 rings (SSSR count). The lowest BCUT2D eigenvalue weighted by Crippen LogP contribution is -1.88. The molecule has 0 N–H and O–H groups in total. The number of rotatable bonds is 1. The van der Waals surface area contributed by atoms with E-state index < -0.39 is 0 Å². The second-order valence-corrected chi connectivity index (χ2v) is 4.11. The molecule has 0 saturated carbocycles. The van der Waals surface area contributed by atoms with Crippen LogP contribution in [0.15, 0.2) is 17.0 Å². The number of hydrogen-bond acceptors (Lipinski definition) is 1. The molecular weight excluding hydrogens is 274 g/mol. The van der Waals surface area contributed by atoms with Crippen molar-refractivity contribution in [2.75, 3.05) is 6.26 Å². The normalized spacial score (nSPS) is 10.2. The standard InChI is InChI=1S/C8H8FIS/c1-5-3-4-6(9)8(11-2)7(5)10/h3-4H,1-2H3. The zero-order chi connectivity index (χ0) is 8.43. The second-order valence-electron chi connectivity index (χ2n) is 2.21. The molecule has 0 bridgehead atoms. The smallest absolute Gasteiger partial charge is 0.137 e. The Kier molecular flexibility index (Phi) is 3.18. The molecule has 0 nitrogen and oxygen atoms in total. The van der Waals surface area contributed by atoms with Gasteiger partial charge in [-0.3, -0.25) is 0 Å². The molecule has 0 amide bonds. The maximum absolute atomic E-state index is 13.0. The van der Waals surface area contributed by atoms with Crippen molar-refractivity contribution in [1.82, 2.24) is 0 Å². The first-order valence-corrected chi connectivity index (χ1v) is 5.45. The summed E-state index contributed by atoms with van der Waals surface area (Å²) >= 11 is 3.62. The van der Waals surface area contributed by atoms with E-state index in [4.69, 9.17) is 0 Å². The van der Waals surface area contributed by atoms with E-state index in [0.29, 0.717) is 0 Å². The molecule has 0 radical (unpaired) electrons. The molecule has 0 heterocycles. The molecule has 0 fully saturated rings. The van der Waals surface area contributed by atoms with Crippen LogP contribution in [0.4, 0.5) is 4.39 Å². The van der Waals surface area contributed by atoms with Gasteiger partial charge in [-0.2, -0.15) is 0 Å². The Labute approximate surface area is 83.7 Å². The van der Waals surface area contributed by atoms with E-state index in [-0.39, 0.29) is 5.82 Å². The fraction of sp³-hybridized carbons (Fsp3) is 0.250. The predicted molar refractivity (Wildman–Crippen MR) is 55.6 cm³/mol. The van der Waals surface area contributed by atoms with Crippen molar-refractivity contribution in [2.24, 2.45) is 0 Å². The Morgan fingerprint density at radius 2 is 2.09 bits per heavy atom. The van der Waals surface area contributed by atoms with Gasteiger partial charge in [0.05, 0.1) is 4.90 Å². The van der Waals surface area contributed by atoms with Crippen molar-refractivity contribution >= 4 is 34.4 Å². The van der Waals surface area contributed by atoms with E-state index in [1.54, 1.807) is 6.07 Å². The summed E-state index contributed by atoms with van der Waals surface area (Å²) in [4.78, 5) is 0.755. The van der Waals surface area contributed by atoms with Crippen LogP contribution >= 0.6 is 34.4 Å². The van der Waals surface area contributed by atoms with Gasteiger partial charge >= 0.3 is 0 Å². The van der Waals surface area contributed by atoms with Crippen molar-refractivity contribution < 1.29 is 4.39 Å². The minimum absolute atomic E-state index is 0.118. The number of aryl methyl sites for hydroxylation is 1. The molecule has 0 atom stereocenters. The minimum atomic E-state index is -0.118. The van der Waals surface area contributed by atoms with Crippen LogP contribution in [-0.2, 0) is 0 Å². The zero-order valence-corrected chi connectivity index (χ0v) is 9.29. The van der Waals surface area contributed by atoms with Crippen molar-refractivity contribution in [3.05, 3.63) is 27.1 Å². The molecule has 1 aromatic rings. The van der Waals surface area contributed by atoms with Crippen LogP contribution in [0.3, 0.4) is 0 Å². The maximum atomic E-state index is 13.0. The fourth-order valence-electron chi connectivity index (χ4n) is 0.818. The van der Waals surface area contributed by atoms with Crippen molar-refractivity contribution in [3.63, 3.8) is 0 Å². The number of thioether (sulfide) groups is 1. The Morgan fingerprint density at radius 1 is 1.45 bits per heavy atom. The molecule has 0 unspecified atom stereocenters. The molecule has 0 spiro atoms. The van der Waals surface area contributed by atoms with Crippen LogP contribution in [0, 0.1) is 16.3 Å². The summed E-state index contributed by atoms with van der Waals surface area (Å²) < 4.78 is 14.0. The Morgan fingerprint density at radius 3 is 2.55 bits per heavy atom. The van der Waals surface area contributed by atoms with E-state index in [2.05, 4.69) is 22.6 Å². The summed E-state index contributed by atoms with van der Waals surface area (Å²) in [5.74, 6) is -0.118. The van der Waals surface area contributed by atoms with Gasteiger partial charge < -0.3 is 0 Å². The number of benzene rings is 1. The van der Waals surface area contributed by atoms with Crippen LogP contribution in [0.25, 0.3) is 0 Å². The Hall–Kier alpha value is 0.230. The monoisotopic (exact) mass is 282 g/mol. The first-order chi connectivity index (χ1) is 5.16. The van der Waals surface area contributed by atoms with E-state index in [9.17, 15) is 4.39 Å². The quantitative estimate of drug-likeness (QED) is 0.561.